The van der Waals surface area contributed by atoms with Gasteiger partial charge >= 0.3 is 12.2 Å². The molecule has 6 nitrogen and oxygen atoms in total. The van der Waals surface area contributed by atoms with E-state index in [1.54, 1.807) is 0 Å². The van der Waals surface area contributed by atoms with Crippen molar-refractivity contribution in [3.8, 4) is 0 Å². The van der Waals surface area contributed by atoms with Crippen LogP contribution in [0.2, 0.25) is 0 Å². The van der Waals surface area contributed by atoms with Crippen molar-refractivity contribution in [2.24, 2.45) is 0 Å². The van der Waals surface area contributed by atoms with Crippen molar-refractivity contribution in [3.63, 3.8) is 0 Å². The summed E-state index contributed by atoms with van der Waals surface area (Å²) < 4.78 is 15.0. The third kappa shape index (κ3) is 7.87. The zero-order valence-corrected chi connectivity index (χ0v) is 13.9. The normalized spacial score (nSPS) is 9.92. The first-order valence-corrected chi connectivity index (χ1v) is 8.02. The standard InChI is InChI=1S/C19H21NO5/c21-18(24-14-16-8-3-1-4-9-16)20-12-7-13-23-19(22)25-15-17-10-5-2-6-11-17/h1-6,8-11H,7,12-15H2,(H,20,21). The van der Waals surface area contributed by atoms with Gasteiger partial charge in [-0.15, -0.1) is 0 Å². The van der Waals surface area contributed by atoms with E-state index in [4.69, 9.17) is 14.2 Å². The highest BCUT2D eigenvalue weighted by molar-refractivity contribution is 5.67. The van der Waals surface area contributed by atoms with Gasteiger partial charge in [0.15, 0.2) is 0 Å². The van der Waals surface area contributed by atoms with Crippen molar-refractivity contribution in [1.82, 2.24) is 5.32 Å². The van der Waals surface area contributed by atoms with Crippen LogP contribution in [0.1, 0.15) is 17.5 Å². The summed E-state index contributed by atoms with van der Waals surface area (Å²) in [7, 11) is 0. The molecule has 0 aromatic heterocycles. The molecule has 0 saturated carbocycles. The Labute approximate surface area is 146 Å². The summed E-state index contributed by atoms with van der Waals surface area (Å²) in [6.45, 7) is 0.894. The third-order valence-electron chi connectivity index (χ3n) is 3.22. The first-order valence-electron chi connectivity index (χ1n) is 8.02. The van der Waals surface area contributed by atoms with Crippen LogP contribution in [-0.4, -0.2) is 25.4 Å². The summed E-state index contributed by atoms with van der Waals surface area (Å²) in [6, 6.07) is 18.8. The quantitative estimate of drug-likeness (QED) is 0.585. The van der Waals surface area contributed by atoms with E-state index in [1.165, 1.54) is 0 Å². The molecule has 0 radical (unpaired) electrons. The maximum Gasteiger partial charge on any atom is 0.508 e. The lowest BCUT2D eigenvalue weighted by atomic mass is 10.2. The molecule has 0 atom stereocenters. The summed E-state index contributed by atoms with van der Waals surface area (Å²) in [5, 5.41) is 2.59. The highest BCUT2D eigenvalue weighted by Crippen LogP contribution is 2.02. The van der Waals surface area contributed by atoms with Crippen LogP contribution in [-0.2, 0) is 27.4 Å². The monoisotopic (exact) mass is 343 g/mol. The van der Waals surface area contributed by atoms with E-state index < -0.39 is 12.2 Å². The Bertz CT molecular complexity index is 588. The van der Waals surface area contributed by atoms with Crippen molar-refractivity contribution in [3.05, 3.63) is 71.8 Å². The Morgan fingerprint density at radius 2 is 1.32 bits per heavy atom. The van der Waals surface area contributed by atoms with Gasteiger partial charge in [-0.25, -0.2) is 9.59 Å². The van der Waals surface area contributed by atoms with Gasteiger partial charge in [-0.05, 0) is 17.5 Å². The van der Waals surface area contributed by atoms with E-state index in [9.17, 15) is 9.59 Å². The molecule has 132 valence electrons. The van der Waals surface area contributed by atoms with Crippen molar-refractivity contribution in [1.29, 1.82) is 0 Å². The second-order valence-corrected chi connectivity index (χ2v) is 5.21. The number of benzene rings is 2. The van der Waals surface area contributed by atoms with Gasteiger partial charge in [0, 0.05) is 6.54 Å². The number of alkyl carbamates (subject to hydrolysis) is 1. The molecule has 0 spiro atoms. The fourth-order valence-corrected chi connectivity index (χ4v) is 1.95. The lowest BCUT2D eigenvalue weighted by Crippen LogP contribution is -2.26. The molecule has 0 bridgehead atoms. The molecule has 0 aliphatic carbocycles. The molecular formula is C19H21NO5. The van der Waals surface area contributed by atoms with E-state index in [0.29, 0.717) is 13.0 Å². The molecule has 0 aliphatic rings. The second-order valence-electron chi connectivity index (χ2n) is 5.21. The van der Waals surface area contributed by atoms with Crippen molar-refractivity contribution < 1.29 is 23.8 Å². The largest absolute Gasteiger partial charge is 0.508 e. The van der Waals surface area contributed by atoms with Gasteiger partial charge in [0.05, 0.1) is 6.61 Å². The minimum Gasteiger partial charge on any atom is -0.445 e. The molecule has 0 heterocycles. The highest BCUT2D eigenvalue weighted by atomic mass is 16.7. The Morgan fingerprint density at radius 1 is 0.760 bits per heavy atom. The van der Waals surface area contributed by atoms with E-state index >= 15 is 0 Å². The van der Waals surface area contributed by atoms with E-state index in [-0.39, 0.29) is 19.8 Å². The van der Waals surface area contributed by atoms with E-state index in [1.807, 2.05) is 60.7 Å². The molecule has 2 aromatic rings. The zero-order valence-electron chi connectivity index (χ0n) is 13.9. The average molecular weight is 343 g/mol. The summed E-state index contributed by atoms with van der Waals surface area (Å²) in [4.78, 5) is 22.9. The lowest BCUT2D eigenvalue weighted by molar-refractivity contribution is 0.0492. The van der Waals surface area contributed by atoms with Gasteiger partial charge in [-0.2, -0.15) is 0 Å². The molecule has 0 fully saturated rings. The summed E-state index contributed by atoms with van der Waals surface area (Å²) in [5.74, 6) is 0. The van der Waals surface area contributed by atoms with Crippen LogP contribution in [0.3, 0.4) is 0 Å². The Hall–Kier alpha value is -3.02. The molecule has 1 amide bonds. The number of hydrogen-bond acceptors (Lipinski definition) is 5. The van der Waals surface area contributed by atoms with Crippen LogP contribution in [0.25, 0.3) is 0 Å². The predicted octanol–water partition coefficient (Wildman–Crippen LogP) is 3.66. The topological polar surface area (TPSA) is 73.9 Å². The van der Waals surface area contributed by atoms with Crippen molar-refractivity contribution in [2.75, 3.05) is 13.2 Å². The molecular weight excluding hydrogens is 322 g/mol. The van der Waals surface area contributed by atoms with Crippen LogP contribution in [0, 0.1) is 0 Å². The SMILES string of the molecule is O=C(NCCCOC(=O)OCc1ccccc1)OCc1ccccc1. The number of rotatable bonds is 8. The van der Waals surface area contributed by atoms with E-state index in [0.717, 1.165) is 11.1 Å². The van der Waals surface area contributed by atoms with Gasteiger partial charge in [-0.1, -0.05) is 60.7 Å². The maximum absolute atomic E-state index is 11.5. The van der Waals surface area contributed by atoms with Gasteiger partial charge in [0.25, 0.3) is 0 Å². The number of amides is 1. The highest BCUT2D eigenvalue weighted by Gasteiger charge is 2.05. The first kappa shape index (κ1) is 18.3. The zero-order chi connectivity index (χ0) is 17.7. The lowest BCUT2D eigenvalue weighted by Gasteiger charge is -2.08. The first-order chi connectivity index (χ1) is 12.2. The van der Waals surface area contributed by atoms with Gasteiger partial charge in [0.2, 0.25) is 0 Å². The average Bonchev–Trinajstić information content (AvgIpc) is 2.66. The molecule has 0 aliphatic heterocycles. The maximum atomic E-state index is 11.5. The fraction of sp³-hybridized carbons (Fsp3) is 0.263. The van der Waals surface area contributed by atoms with Gasteiger partial charge in [0.1, 0.15) is 13.2 Å². The van der Waals surface area contributed by atoms with Crippen molar-refractivity contribution in [2.45, 2.75) is 19.6 Å². The van der Waals surface area contributed by atoms with Crippen LogP contribution in [0.4, 0.5) is 9.59 Å². The number of ether oxygens (including phenoxy) is 3. The molecule has 6 heteroatoms. The molecule has 2 rings (SSSR count). The Kier molecular flexibility index (Phi) is 7.84. The predicted molar refractivity (Wildman–Crippen MR) is 91.8 cm³/mol. The van der Waals surface area contributed by atoms with Crippen molar-refractivity contribution >= 4 is 12.2 Å². The molecule has 0 saturated heterocycles. The molecule has 25 heavy (non-hydrogen) atoms. The number of carbonyl (C=O) groups excluding carboxylic acids is 2. The Morgan fingerprint density at radius 3 is 1.92 bits per heavy atom. The third-order valence-corrected chi connectivity index (χ3v) is 3.22. The minimum atomic E-state index is -0.726. The van der Waals surface area contributed by atoms with Crippen LogP contribution in [0.5, 0.6) is 0 Å². The molecule has 1 N–H and O–H groups in total. The summed E-state index contributed by atoms with van der Waals surface area (Å²) >= 11 is 0. The van der Waals surface area contributed by atoms with Gasteiger partial charge < -0.3 is 19.5 Å². The summed E-state index contributed by atoms with van der Waals surface area (Å²) in [6.07, 6.45) is -0.757. The second kappa shape index (κ2) is 10.7. The van der Waals surface area contributed by atoms with E-state index in [2.05, 4.69) is 5.32 Å². The number of hydrogen-bond donors (Lipinski definition) is 1. The number of nitrogens with one attached hydrogen (secondary N) is 1. The van der Waals surface area contributed by atoms with Crippen LogP contribution >= 0.6 is 0 Å². The van der Waals surface area contributed by atoms with Gasteiger partial charge in [-0.3, -0.25) is 0 Å². The minimum absolute atomic E-state index is 0.159. The number of carbonyl (C=O) groups is 2. The smallest absolute Gasteiger partial charge is 0.445 e. The van der Waals surface area contributed by atoms with Crippen LogP contribution in [0.15, 0.2) is 60.7 Å². The molecule has 0 unspecified atom stereocenters. The molecule has 2 aromatic carbocycles. The van der Waals surface area contributed by atoms with Crippen LogP contribution < -0.4 is 5.32 Å². The fourth-order valence-electron chi connectivity index (χ4n) is 1.95. The Balaban J connectivity index is 1.48. The summed E-state index contributed by atoms with van der Waals surface area (Å²) in [5.41, 5.74) is 1.81.